The number of alkyl halides is 2. The van der Waals surface area contributed by atoms with Gasteiger partial charge in [-0.05, 0) is 0 Å². The minimum atomic E-state index is -2.70. The van der Waals surface area contributed by atoms with Gasteiger partial charge in [-0.25, -0.2) is 9.97 Å². The molecule has 2 rings (SSSR count). The molecule has 2 heterocycles. The zero-order chi connectivity index (χ0) is 13.1. The van der Waals surface area contributed by atoms with Gasteiger partial charge in [0.1, 0.15) is 18.0 Å². The fourth-order valence-corrected chi connectivity index (χ4v) is 1.50. The van der Waals surface area contributed by atoms with Crippen LogP contribution in [0.4, 0.5) is 8.78 Å². The highest BCUT2D eigenvalue weighted by Crippen LogP contribution is 2.14. The van der Waals surface area contributed by atoms with Crippen LogP contribution in [0.5, 0.6) is 0 Å². The molecule has 0 aliphatic rings. The quantitative estimate of drug-likeness (QED) is 0.818. The van der Waals surface area contributed by atoms with Gasteiger partial charge >= 0.3 is 6.55 Å². The SMILES string of the molecule is N#Cc1ncn(Cc2nccn2C(F)F)c1C#N. The summed E-state index contributed by atoms with van der Waals surface area (Å²) < 4.78 is 27.2. The van der Waals surface area contributed by atoms with Gasteiger partial charge in [0, 0.05) is 12.4 Å². The number of hydrogen-bond donors (Lipinski definition) is 0. The maximum atomic E-state index is 12.6. The second-order valence-corrected chi connectivity index (χ2v) is 3.32. The van der Waals surface area contributed by atoms with Gasteiger partial charge in [-0.2, -0.15) is 19.3 Å². The Kier molecular flexibility index (Phi) is 3.02. The van der Waals surface area contributed by atoms with Crippen molar-refractivity contribution in [3.8, 4) is 12.1 Å². The first-order chi connectivity index (χ1) is 8.67. The van der Waals surface area contributed by atoms with Gasteiger partial charge in [-0.15, -0.1) is 0 Å². The predicted molar refractivity (Wildman–Crippen MR) is 54.2 cm³/mol. The van der Waals surface area contributed by atoms with E-state index in [0.29, 0.717) is 4.57 Å². The maximum absolute atomic E-state index is 12.6. The van der Waals surface area contributed by atoms with Crippen molar-refractivity contribution < 1.29 is 8.78 Å². The summed E-state index contributed by atoms with van der Waals surface area (Å²) >= 11 is 0. The molecule has 90 valence electrons. The molecule has 0 aromatic carbocycles. The predicted octanol–water partition coefficient (Wildman–Crippen LogP) is 1.27. The Morgan fingerprint density at radius 3 is 2.67 bits per heavy atom. The standard InChI is InChI=1S/C10H6F2N6/c11-10(12)18-2-1-15-9(18)5-17-6-16-7(3-13)8(17)4-14/h1-2,6,10H,5H2. The van der Waals surface area contributed by atoms with Crippen molar-refractivity contribution in [3.63, 3.8) is 0 Å². The van der Waals surface area contributed by atoms with Crippen LogP contribution in [-0.2, 0) is 6.54 Å². The van der Waals surface area contributed by atoms with Crippen molar-refractivity contribution in [1.82, 2.24) is 19.1 Å². The summed E-state index contributed by atoms with van der Waals surface area (Å²) in [5.74, 6) is 0.0865. The Bertz CT molecular complexity index is 642. The molecule has 0 N–H and O–H groups in total. The molecular formula is C10H6F2N6. The fourth-order valence-electron chi connectivity index (χ4n) is 1.50. The third kappa shape index (κ3) is 1.92. The van der Waals surface area contributed by atoms with Gasteiger partial charge in [0.2, 0.25) is 0 Å². The number of rotatable bonds is 3. The molecule has 0 radical (unpaired) electrons. The summed E-state index contributed by atoms with van der Waals surface area (Å²) in [5, 5.41) is 17.6. The summed E-state index contributed by atoms with van der Waals surface area (Å²) in [6.07, 6.45) is 3.64. The molecule has 0 aliphatic heterocycles. The van der Waals surface area contributed by atoms with Crippen LogP contribution < -0.4 is 0 Å². The van der Waals surface area contributed by atoms with E-state index in [9.17, 15) is 8.78 Å². The van der Waals surface area contributed by atoms with Gasteiger partial charge in [-0.1, -0.05) is 0 Å². The van der Waals surface area contributed by atoms with Crippen LogP contribution in [0.25, 0.3) is 0 Å². The van der Waals surface area contributed by atoms with E-state index in [4.69, 9.17) is 10.5 Å². The van der Waals surface area contributed by atoms with Crippen LogP contribution in [0.2, 0.25) is 0 Å². The monoisotopic (exact) mass is 248 g/mol. The van der Waals surface area contributed by atoms with E-state index in [1.807, 2.05) is 6.07 Å². The van der Waals surface area contributed by atoms with Gasteiger partial charge in [0.25, 0.3) is 0 Å². The number of nitriles is 2. The minimum absolute atomic E-state index is 0.0290. The lowest BCUT2D eigenvalue weighted by atomic mass is 10.3. The van der Waals surface area contributed by atoms with E-state index in [-0.39, 0.29) is 23.8 Å². The zero-order valence-electron chi connectivity index (χ0n) is 8.96. The van der Waals surface area contributed by atoms with Crippen molar-refractivity contribution in [3.05, 3.63) is 35.9 Å². The van der Waals surface area contributed by atoms with Gasteiger partial charge in [-0.3, -0.25) is 4.57 Å². The van der Waals surface area contributed by atoms with E-state index in [1.54, 1.807) is 6.07 Å². The third-order valence-electron chi connectivity index (χ3n) is 2.32. The van der Waals surface area contributed by atoms with E-state index in [0.717, 1.165) is 6.20 Å². The smallest absolute Gasteiger partial charge is 0.314 e. The van der Waals surface area contributed by atoms with Gasteiger partial charge in [0.05, 0.1) is 12.9 Å². The highest BCUT2D eigenvalue weighted by molar-refractivity contribution is 5.36. The molecule has 0 unspecified atom stereocenters. The Hall–Kier alpha value is -2.74. The van der Waals surface area contributed by atoms with Crippen LogP contribution in [0.15, 0.2) is 18.7 Å². The second kappa shape index (κ2) is 4.63. The van der Waals surface area contributed by atoms with Crippen molar-refractivity contribution in [2.24, 2.45) is 0 Å². The topological polar surface area (TPSA) is 83.2 Å². The molecule has 8 heteroatoms. The Balaban J connectivity index is 2.36. The highest BCUT2D eigenvalue weighted by atomic mass is 19.3. The van der Waals surface area contributed by atoms with E-state index in [2.05, 4.69) is 9.97 Å². The van der Waals surface area contributed by atoms with Gasteiger partial charge < -0.3 is 4.57 Å². The van der Waals surface area contributed by atoms with Crippen LogP contribution >= 0.6 is 0 Å². The van der Waals surface area contributed by atoms with Crippen LogP contribution in [0, 0.1) is 22.7 Å². The molecule has 0 aliphatic carbocycles. The third-order valence-corrected chi connectivity index (χ3v) is 2.32. The van der Waals surface area contributed by atoms with E-state index >= 15 is 0 Å². The van der Waals surface area contributed by atoms with Crippen molar-refractivity contribution in [2.75, 3.05) is 0 Å². The molecule has 2 aromatic rings. The Morgan fingerprint density at radius 2 is 2.06 bits per heavy atom. The molecule has 0 amide bonds. The highest BCUT2D eigenvalue weighted by Gasteiger charge is 2.15. The first kappa shape index (κ1) is 11.7. The molecule has 0 atom stereocenters. The van der Waals surface area contributed by atoms with E-state index < -0.39 is 6.55 Å². The number of imidazole rings is 2. The second-order valence-electron chi connectivity index (χ2n) is 3.32. The molecule has 0 saturated carbocycles. The molecule has 6 nitrogen and oxygen atoms in total. The molecular weight excluding hydrogens is 242 g/mol. The summed E-state index contributed by atoms with van der Waals surface area (Å²) in [4.78, 5) is 7.50. The lowest BCUT2D eigenvalue weighted by molar-refractivity contribution is 0.0667. The lowest BCUT2D eigenvalue weighted by Crippen LogP contribution is -2.09. The lowest BCUT2D eigenvalue weighted by Gasteiger charge is -2.07. The van der Waals surface area contributed by atoms with Crippen molar-refractivity contribution in [2.45, 2.75) is 13.1 Å². The first-order valence-electron chi connectivity index (χ1n) is 4.82. The first-order valence-corrected chi connectivity index (χ1v) is 4.82. The van der Waals surface area contributed by atoms with Crippen LogP contribution in [0.1, 0.15) is 23.8 Å². The Morgan fingerprint density at radius 1 is 1.28 bits per heavy atom. The molecule has 0 saturated heterocycles. The molecule has 0 bridgehead atoms. The number of nitrogens with zero attached hydrogens (tertiary/aromatic N) is 6. The molecule has 0 fully saturated rings. The molecule has 2 aromatic heterocycles. The number of aromatic nitrogens is 4. The summed E-state index contributed by atoms with van der Waals surface area (Å²) in [5.41, 5.74) is -0.00558. The summed E-state index contributed by atoms with van der Waals surface area (Å²) in [6, 6.07) is 3.56. The van der Waals surface area contributed by atoms with E-state index in [1.165, 1.54) is 17.1 Å². The average Bonchev–Trinajstić information content (AvgIpc) is 2.95. The summed E-state index contributed by atoms with van der Waals surface area (Å²) in [7, 11) is 0. The normalized spacial score (nSPS) is 10.3. The van der Waals surface area contributed by atoms with Crippen molar-refractivity contribution in [1.29, 1.82) is 10.5 Å². The minimum Gasteiger partial charge on any atom is -0.314 e. The number of hydrogen-bond acceptors (Lipinski definition) is 4. The fraction of sp³-hybridized carbons (Fsp3) is 0.200. The van der Waals surface area contributed by atoms with Crippen molar-refractivity contribution >= 4 is 0 Å². The molecule has 0 spiro atoms. The average molecular weight is 248 g/mol. The largest absolute Gasteiger partial charge is 0.319 e. The Labute approximate surface area is 100 Å². The van der Waals surface area contributed by atoms with Crippen LogP contribution in [-0.4, -0.2) is 19.1 Å². The number of halogens is 2. The van der Waals surface area contributed by atoms with Gasteiger partial charge in [0.15, 0.2) is 11.4 Å². The zero-order valence-corrected chi connectivity index (χ0v) is 8.96. The maximum Gasteiger partial charge on any atom is 0.319 e. The summed E-state index contributed by atoms with van der Waals surface area (Å²) in [6.45, 7) is -2.75. The molecule has 18 heavy (non-hydrogen) atoms. The van der Waals surface area contributed by atoms with Crippen LogP contribution in [0.3, 0.4) is 0 Å².